The molecule has 2 rings (SSSR count). The maximum atomic E-state index is 13.2. The highest BCUT2D eigenvalue weighted by Gasteiger charge is 2.28. The molecule has 0 aromatic carbocycles. The van der Waals surface area contributed by atoms with Crippen molar-refractivity contribution in [1.29, 1.82) is 0 Å². The van der Waals surface area contributed by atoms with Crippen LogP contribution >= 0.6 is 22.7 Å². The molecule has 0 bridgehead atoms. The van der Waals surface area contributed by atoms with Crippen LogP contribution in [0.1, 0.15) is 43.4 Å². The predicted octanol–water partition coefficient (Wildman–Crippen LogP) is 4.85. The number of rotatable bonds is 8. The largest absolute Gasteiger partial charge is 0.444 e. The SMILES string of the molecule is [CH2]CC[C@H](NC(=O)OC(C)(C)C)C(=O)N(Cc1cccs1)Cc1cccs1. The van der Waals surface area contributed by atoms with Crippen molar-refractivity contribution in [2.24, 2.45) is 0 Å². The Bertz CT molecular complexity index is 670. The topological polar surface area (TPSA) is 58.6 Å². The van der Waals surface area contributed by atoms with Crippen LogP contribution in [0, 0.1) is 6.92 Å². The number of hydrogen-bond donors (Lipinski definition) is 1. The Morgan fingerprint density at radius 1 is 1.15 bits per heavy atom. The lowest BCUT2D eigenvalue weighted by Gasteiger charge is -2.28. The molecule has 5 nitrogen and oxygen atoms in total. The fourth-order valence-corrected chi connectivity index (χ4v) is 3.96. The zero-order valence-electron chi connectivity index (χ0n) is 16.1. The van der Waals surface area contributed by atoms with Crippen molar-refractivity contribution in [3.05, 3.63) is 51.7 Å². The summed E-state index contributed by atoms with van der Waals surface area (Å²) < 4.78 is 5.32. The summed E-state index contributed by atoms with van der Waals surface area (Å²) in [5, 5.41) is 6.72. The van der Waals surface area contributed by atoms with E-state index < -0.39 is 17.7 Å². The predicted molar refractivity (Wildman–Crippen MR) is 111 cm³/mol. The first kappa shape index (κ1) is 21.4. The van der Waals surface area contributed by atoms with Crippen LogP contribution in [0.2, 0.25) is 0 Å². The lowest BCUT2D eigenvalue weighted by atomic mass is 10.1. The monoisotopic (exact) mass is 407 g/mol. The maximum absolute atomic E-state index is 13.2. The molecule has 147 valence electrons. The summed E-state index contributed by atoms with van der Waals surface area (Å²) >= 11 is 3.23. The van der Waals surface area contributed by atoms with Gasteiger partial charge in [-0.25, -0.2) is 4.79 Å². The summed E-state index contributed by atoms with van der Waals surface area (Å²) in [7, 11) is 0. The lowest BCUT2D eigenvalue weighted by molar-refractivity contribution is -0.134. The van der Waals surface area contributed by atoms with E-state index in [1.165, 1.54) is 0 Å². The molecule has 0 aliphatic heterocycles. The highest BCUT2D eigenvalue weighted by atomic mass is 32.1. The fourth-order valence-electron chi connectivity index (χ4n) is 2.52. The Balaban J connectivity index is 2.13. The van der Waals surface area contributed by atoms with Crippen LogP contribution in [0.25, 0.3) is 0 Å². The van der Waals surface area contributed by atoms with E-state index in [9.17, 15) is 9.59 Å². The van der Waals surface area contributed by atoms with Gasteiger partial charge in [0.25, 0.3) is 0 Å². The smallest absolute Gasteiger partial charge is 0.408 e. The Morgan fingerprint density at radius 3 is 2.11 bits per heavy atom. The van der Waals surface area contributed by atoms with Crippen LogP contribution in [0.5, 0.6) is 0 Å². The van der Waals surface area contributed by atoms with Crippen molar-refractivity contribution in [2.45, 2.75) is 58.3 Å². The van der Waals surface area contributed by atoms with Gasteiger partial charge in [-0.3, -0.25) is 4.79 Å². The molecule has 1 atom stereocenters. The summed E-state index contributed by atoms with van der Waals surface area (Å²) in [4.78, 5) is 29.4. The third kappa shape index (κ3) is 7.34. The number of nitrogens with zero attached hydrogens (tertiary/aromatic N) is 1. The van der Waals surface area contributed by atoms with Gasteiger partial charge in [0.15, 0.2) is 0 Å². The van der Waals surface area contributed by atoms with Crippen LogP contribution in [0.15, 0.2) is 35.0 Å². The molecule has 2 aromatic heterocycles. The van der Waals surface area contributed by atoms with E-state index >= 15 is 0 Å². The highest BCUT2D eigenvalue weighted by molar-refractivity contribution is 7.10. The minimum Gasteiger partial charge on any atom is -0.444 e. The first-order valence-corrected chi connectivity index (χ1v) is 10.7. The van der Waals surface area contributed by atoms with Crippen molar-refractivity contribution in [1.82, 2.24) is 10.2 Å². The number of ether oxygens (including phenoxy) is 1. The summed E-state index contributed by atoms with van der Waals surface area (Å²) in [6.45, 7) is 10.3. The van der Waals surface area contributed by atoms with Crippen LogP contribution in [-0.4, -0.2) is 28.5 Å². The van der Waals surface area contributed by atoms with Crippen LogP contribution in [0.3, 0.4) is 0 Å². The van der Waals surface area contributed by atoms with Gasteiger partial charge < -0.3 is 15.0 Å². The van der Waals surface area contributed by atoms with Gasteiger partial charge in [-0.2, -0.15) is 0 Å². The van der Waals surface area contributed by atoms with E-state index in [-0.39, 0.29) is 5.91 Å². The van der Waals surface area contributed by atoms with Gasteiger partial charge >= 0.3 is 6.09 Å². The zero-order valence-corrected chi connectivity index (χ0v) is 17.7. The van der Waals surface area contributed by atoms with E-state index in [0.29, 0.717) is 25.9 Å². The second-order valence-electron chi connectivity index (χ2n) is 7.19. The van der Waals surface area contributed by atoms with Gasteiger partial charge in [-0.1, -0.05) is 25.5 Å². The average Bonchev–Trinajstić information content (AvgIpc) is 3.25. The van der Waals surface area contributed by atoms with Gasteiger partial charge in [-0.05, 0) is 50.1 Å². The van der Waals surface area contributed by atoms with Gasteiger partial charge in [-0.15, -0.1) is 22.7 Å². The molecule has 2 amide bonds. The highest BCUT2D eigenvalue weighted by Crippen LogP contribution is 2.19. The number of thiophene rings is 2. The first-order chi connectivity index (χ1) is 12.8. The van der Waals surface area contributed by atoms with Crippen LogP contribution in [-0.2, 0) is 22.6 Å². The van der Waals surface area contributed by atoms with E-state index in [0.717, 1.165) is 9.75 Å². The molecule has 0 saturated heterocycles. The van der Waals surface area contributed by atoms with Crippen LogP contribution in [0.4, 0.5) is 4.79 Å². The van der Waals surface area contributed by atoms with Crippen molar-refractivity contribution in [2.75, 3.05) is 0 Å². The number of carbonyl (C=O) groups is 2. The number of carbonyl (C=O) groups excluding carboxylic acids is 2. The van der Waals surface area contributed by atoms with Crippen molar-refractivity contribution in [3.63, 3.8) is 0 Å². The molecule has 27 heavy (non-hydrogen) atoms. The minimum absolute atomic E-state index is 0.119. The summed E-state index contributed by atoms with van der Waals surface area (Å²) in [5.41, 5.74) is -0.615. The molecule has 7 heteroatoms. The third-order valence-electron chi connectivity index (χ3n) is 3.65. The van der Waals surface area contributed by atoms with Crippen LogP contribution < -0.4 is 5.32 Å². The van der Waals surface area contributed by atoms with Crippen molar-refractivity contribution in [3.8, 4) is 0 Å². The Kier molecular flexibility index (Phi) is 7.86. The number of amides is 2. The van der Waals surface area contributed by atoms with Gasteiger partial charge in [0.1, 0.15) is 11.6 Å². The summed E-state index contributed by atoms with van der Waals surface area (Å²) in [6.07, 6.45) is 0.420. The van der Waals surface area contributed by atoms with E-state index in [1.54, 1.807) is 48.3 Å². The van der Waals surface area contributed by atoms with Crippen molar-refractivity contribution >= 4 is 34.7 Å². The number of nitrogens with one attached hydrogen (secondary N) is 1. The van der Waals surface area contributed by atoms with E-state index in [1.807, 2.05) is 35.0 Å². The summed E-state index contributed by atoms with van der Waals surface area (Å²) in [6, 6.07) is 7.31. The molecule has 2 heterocycles. The normalized spacial score (nSPS) is 12.4. The molecule has 0 fully saturated rings. The fraction of sp³-hybridized carbons (Fsp3) is 0.450. The molecule has 2 aromatic rings. The molecule has 0 unspecified atom stereocenters. The molecule has 0 spiro atoms. The van der Waals surface area contributed by atoms with Gasteiger partial charge in [0.05, 0.1) is 13.1 Å². The maximum Gasteiger partial charge on any atom is 0.408 e. The zero-order chi connectivity index (χ0) is 19.9. The minimum atomic E-state index is -0.655. The number of hydrogen-bond acceptors (Lipinski definition) is 5. The first-order valence-electron chi connectivity index (χ1n) is 8.91. The molecular weight excluding hydrogens is 380 g/mol. The van der Waals surface area contributed by atoms with Gasteiger partial charge in [0, 0.05) is 9.75 Å². The Labute approximate surface area is 169 Å². The van der Waals surface area contributed by atoms with E-state index in [2.05, 4.69) is 12.2 Å². The third-order valence-corrected chi connectivity index (χ3v) is 5.37. The molecule has 1 N–H and O–H groups in total. The average molecular weight is 408 g/mol. The molecule has 0 saturated carbocycles. The van der Waals surface area contributed by atoms with E-state index in [4.69, 9.17) is 4.74 Å². The van der Waals surface area contributed by atoms with Crippen molar-refractivity contribution < 1.29 is 14.3 Å². The second kappa shape index (κ2) is 9.90. The molecule has 0 aliphatic carbocycles. The standard InChI is InChI=1S/C20H27N2O3S2/c1-5-8-17(21-19(24)25-20(2,3)4)18(23)22(13-15-9-6-11-26-15)14-16-10-7-12-27-16/h6-7,9-12,17H,1,5,8,13-14H2,2-4H3,(H,21,24)/t17-/m0/s1. The molecular formula is C20H27N2O3S2. The quantitative estimate of drug-likeness (QED) is 0.681. The van der Waals surface area contributed by atoms with Gasteiger partial charge in [0.2, 0.25) is 5.91 Å². The second-order valence-corrected chi connectivity index (χ2v) is 9.26. The Hall–Kier alpha value is -1.86. The lowest BCUT2D eigenvalue weighted by Crippen LogP contribution is -2.49. The number of alkyl carbamates (subject to hydrolysis) is 1. The molecule has 1 radical (unpaired) electrons. The summed E-state index contributed by atoms with van der Waals surface area (Å²) in [5.74, 6) is -0.119. The molecule has 0 aliphatic rings. The Morgan fingerprint density at radius 2 is 1.70 bits per heavy atom.